The van der Waals surface area contributed by atoms with Gasteiger partial charge in [0.2, 0.25) is 11.7 Å². The number of rotatable bonds is 7. The number of anilines is 5. The standard InChI is InChI=1S/C24H28FN5O4/c1-24(2)12-27-17-8-14(6-7-18(17)34-13-24)28-22-16(25)11-26-23(30-22)29-15-9-19(31-3)21(33-5)20(10-15)32-4/h6-11,27H,12-13H2,1-5H3,(H2,26,28,29,30). The number of hydrogen-bond acceptors (Lipinski definition) is 9. The van der Waals surface area contributed by atoms with Gasteiger partial charge in [-0.1, -0.05) is 13.8 Å². The van der Waals surface area contributed by atoms with E-state index in [1.165, 1.54) is 21.3 Å². The number of hydrogen-bond donors (Lipinski definition) is 3. The van der Waals surface area contributed by atoms with Gasteiger partial charge in [0.1, 0.15) is 5.75 Å². The summed E-state index contributed by atoms with van der Waals surface area (Å²) in [4.78, 5) is 8.34. The fourth-order valence-corrected chi connectivity index (χ4v) is 3.46. The molecule has 180 valence electrons. The third kappa shape index (κ3) is 5.00. The highest BCUT2D eigenvalue weighted by Gasteiger charge is 2.23. The molecule has 0 aliphatic carbocycles. The van der Waals surface area contributed by atoms with E-state index < -0.39 is 5.82 Å². The Bertz CT molecular complexity index is 1160. The summed E-state index contributed by atoms with van der Waals surface area (Å²) in [5.74, 6) is 1.78. The van der Waals surface area contributed by atoms with Gasteiger partial charge < -0.3 is 34.9 Å². The largest absolute Gasteiger partial charge is 0.493 e. The lowest BCUT2D eigenvalue weighted by Crippen LogP contribution is -2.27. The maximum atomic E-state index is 14.5. The molecular formula is C24H28FN5O4. The highest BCUT2D eigenvalue weighted by Crippen LogP contribution is 2.40. The second-order valence-corrected chi connectivity index (χ2v) is 8.57. The Hall–Kier alpha value is -3.95. The van der Waals surface area contributed by atoms with Crippen molar-refractivity contribution in [2.75, 3.05) is 50.4 Å². The summed E-state index contributed by atoms with van der Waals surface area (Å²) >= 11 is 0. The van der Waals surface area contributed by atoms with E-state index in [9.17, 15) is 4.39 Å². The second-order valence-electron chi connectivity index (χ2n) is 8.57. The van der Waals surface area contributed by atoms with Crippen molar-refractivity contribution in [2.45, 2.75) is 13.8 Å². The summed E-state index contributed by atoms with van der Waals surface area (Å²) in [6.45, 7) is 5.62. The molecule has 1 aromatic heterocycles. The van der Waals surface area contributed by atoms with Crippen molar-refractivity contribution in [3.63, 3.8) is 0 Å². The second kappa shape index (κ2) is 9.50. The number of benzene rings is 2. The molecule has 0 saturated heterocycles. The van der Waals surface area contributed by atoms with Crippen LogP contribution in [-0.4, -0.2) is 44.4 Å². The minimum atomic E-state index is -0.587. The van der Waals surface area contributed by atoms with Crippen LogP contribution in [-0.2, 0) is 0 Å². The fraction of sp³-hybridized carbons (Fsp3) is 0.333. The maximum Gasteiger partial charge on any atom is 0.229 e. The average molecular weight is 470 g/mol. The average Bonchev–Trinajstić information content (AvgIpc) is 2.98. The van der Waals surface area contributed by atoms with Crippen molar-refractivity contribution in [1.29, 1.82) is 0 Å². The Morgan fingerprint density at radius 1 is 1.00 bits per heavy atom. The minimum Gasteiger partial charge on any atom is -0.493 e. The number of nitrogens with one attached hydrogen (secondary N) is 3. The Morgan fingerprint density at radius 3 is 2.41 bits per heavy atom. The molecule has 9 nitrogen and oxygen atoms in total. The van der Waals surface area contributed by atoms with Gasteiger partial charge in [0.25, 0.3) is 0 Å². The van der Waals surface area contributed by atoms with Gasteiger partial charge in [0, 0.05) is 35.5 Å². The minimum absolute atomic E-state index is 0.00123. The third-order valence-corrected chi connectivity index (χ3v) is 5.28. The van der Waals surface area contributed by atoms with E-state index in [2.05, 4.69) is 39.8 Å². The zero-order chi connectivity index (χ0) is 24.3. The summed E-state index contributed by atoms with van der Waals surface area (Å²) in [5, 5.41) is 9.46. The predicted molar refractivity (Wildman–Crippen MR) is 129 cm³/mol. The van der Waals surface area contributed by atoms with E-state index in [0.29, 0.717) is 35.2 Å². The first kappa shape index (κ1) is 23.2. The molecule has 34 heavy (non-hydrogen) atoms. The molecule has 0 fully saturated rings. The molecule has 2 aromatic carbocycles. The lowest BCUT2D eigenvalue weighted by molar-refractivity contribution is 0.200. The summed E-state index contributed by atoms with van der Waals surface area (Å²) in [7, 11) is 4.58. The quantitative estimate of drug-likeness (QED) is 0.443. The van der Waals surface area contributed by atoms with E-state index in [4.69, 9.17) is 18.9 Å². The summed E-state index contributed by atoms with van der Waals surface area (Å²) in [6.07, 6.45) is 1.10. The van der Waals surface area contributed by atoms with Crippen LogP contribution in [0.15, 0.2) is 36.5 Å². The van der Waals surface area contributed by atoms with E-state index in [1.807, 2.05) is 18.2 Å². The van der Waals surface area contributed by atoms with Crippen molar-refractivity contribution in [2.24, 2.45) is 5.41 Å². The molecule has 10 heteroatoms. The molecule has 4 rings (SSSR count). The lowest BCUT2D eigenvalue weighted by atomic mass is 9.95. The highest BCUT2D eigenvalue weighted by molar-refractivity contribution is 5.70. The SMILES string of the molecule is COc1cc(Nc2ncc(F)c(Nc3ccc4c(c3)NCC(C)(C)CO4)n2)cc(OC)c1OC. The molecule has 3 aromatic rings. The molecule has 0 radical (unpaired) electrons. The van der Waals surface area contributed by atoms with Gasteiger partial charge in [-0.25, -0.2) is 9.37 Å². The molecule has 0 unspecified atom stereocenters. The molecule has 2 heterocycles. The van der Waals surface area contributed by atoms with E-state index in [1.54, 1.807) is 12.1 Å². The van der Waals surface area contributed by atoms with Crippen LogP contribution in [0.5, 0.6) is 23.0 Å². The van der Waals surface area contributed by atoms with Gasteiger partial charge in [0.05, 0.1) is 39.8 Å². The molecule has 1 aliphatic rings. The van der Waals surface area contributed by atoms with E-state index in [0.717, 1.165) is 24.2 Å². The normalized spacial score (nSPS) is 14.1. The summed E-state index contributed by atoms with van der Waals surface area (Å²) in [6, 6.07) is 8.94. The van der Waals surface area contributed by atoms with Crippen molar-refractivity contribution in [3.05, 3.63) is 42.3 Å². The monoisotopic (exact) mass is 469 g/mol. The fourth-order valence-electron chi connectivity index (χ4n) is 3.46. The van der Waals surface area contributed by atoms with Gasteiger partial charge in [-0.05, 0) is 18.2 Å². The van der Waals surface area contributed by atoms with E-state index in [-0.39, 0.29) is 17.2 Å². The Labute approximate surface area is 197 Å². The van der Waals surface area contributed by atoms with Crippen LogP contribution in [0.25, 0.3) is 0 Å². The van der Waals surface area contributed by atoms with Crippen molar-refractivity contribution < 1.29 is 23.3 Å². The van der Waals surface area contributed by atoms with Crippen molar-refractivity contribution >= 4 is 28.8 Å². The van der Waals surface area contributed by atoms with Crippen molar-refractivity contribution in [1.82, 2.24) is 9.97 Å². The van der Waals surface area contributed by atoms with Gasteiger partial charge in [-0.2, -0.15) is 4.98 Å². The zero-order valence-corrected chi connectivity index (χ0v) is 19.8. The molecular weight excluding hydrogens is 441 g/mol. The Morgan fingerprint density at radius 2 is 1.74 bits per heavy atom. The van der Waals surface area contributed by atoms with Gasteiger partial charge >= 0.3 is 0 Å². The third-order valence-electron chi connectivity index (χ3n) is 5.28. The zero-order valence-electron chi connectivity index (χ0n) is 19.8. The van der Waals surface area contributed by atoms with E-state index >= 15 is 0 Å². The molecule has 0 bridgehead atoms. The molecule has 0 spiro atoms. The number of halogens is 1. The Kier molecular flexibility index (Phi) is 6.49. The first-order chi connectivity index (χ1) is 16.3. The lowest BCUT2D eigenvalue weighted by Gasteiger charge is -2.20. The molecule has 3 N–H and O–H groups in total. The number of fused-ring (bicyclic) bond motifs is 1. The molecule has 0 atom stereocenters. The van der Waals surface area contributed by atoms with Crippen molar-refractivity contribution in [3.8, 4) is 23.0 Å². The summed E-state index contributed by atoms with van der Waals surface area (Å²) in [5.41, 5.74) is 2.08. The van der Waals surface area contributed by atoms with Crippen LogP contribution >= 0.6 is 0 Å². The summed E-state index contributed by atoms with van der Waals surface area (Å²) < 4.78 is 36.5. The molecule has 1 aliphatic heterocycles. The Balaban J connectivity index is 1.57. The van der Waals surface area contributed by atoms with Gasteiger partial charge in [0.15, 0.2) is 23.1 Å². The predicted octanol–water partition coefficient (Wildman–Crippen LogP) is 4.96. The van der Waals surface area contributed by atoms with Crippen LogP contribution in [0.2, 0.25) is 0 Å². The molecule has 0 amide bonds. The van der Waals surface area contributed by atoms with Crippen LogP contribution in [0.3, 0.4) is 0 Å². The van der Waals surface area contributed by atoms with Crippen LogP contribution in [0, 0.1) is 11.2 Å². The number of aromatic nitrogens is 2. The van der Waals surface area contributed by atoms with Gasteiger partial charge in [-0.15, -0.1) is 0 Å². The first-order valence-corrected chi connectivity index (χ1v) is 10.7. The molecule has 0 saturated carbocycles. The van der Waals surface area contributed by atoms with Crippen LogP contribution in [0.4, 0.5) is 33.2 Å². The van der Waals surface area contributed by atoms with Gasteiger partial charge in [-0.3, -0.25) is 0 Å². The highest BCUT2D eigenvalue weighted by atomic mass is 19.1. The first-order valence-electron chi connectivity index (χ1n) is 10.7. The smallest absolute Gasteiger partial charge is 0.229 e. The van der Waals surface area contributed by atoms with Crippen LogP contribution in [0.1, 0.15) is 13.8 Å². The van der Waals surface area contributed by atoms with Crippen LogP contribution < -0.4 is 34.9 Å². The number of ether oxygens (including phenoxy) is 4. The number of nitrogens with zero attached hydrogens (tertiary/aromatic N) is 2. The topological polar surface area (TPSA) is 98.8 Å². The number of methoxy groups -OCH3 is 3. The maximum absolute atomic E-state index is 14.5.